The Morgan fingerprint density at radius 2 is 1.79 bits per heavy atom. The molecule has 3 rings (SSSR count). The van der Waals surface area contributed by atoms with E-state index in [1.165, 1.54) is 0 Å². The molecule has 4 amide bonds. The fourth-order valence-electron chi connectivity index (χ4n) is 4.67. The first-order valence-corrected chi connectivity index (χ1v) is 10.9. The van der Waals surface area contributed by atoms with Crippen molar-refractivity contribution in [3.8, 4) is 0 Å². The van der Waals surface area contributed by atoms with Gasteiger partial charge in [0.2, 0.25) is 5.91 Å². The molecule has 1 saturated heterocycles. The summed E-state index contributed by atoms with van der Waals surface area (Å²) in [6.45, 7) is 6.16. The Kier molecular flexibility index (Phi) is 6.60. The summed E-state index contributed by atoms with van der Waals surface area (Å²) in [7, 11) is 0. The fraction of sp³-hybridized carbons (Fsp3) is 0.609. The second kappa shape index (κ2) is 8.97. The Labute approximate surface area is 173 Å². The second-order valence-corrected chi connectivity index (χ2v) is 8.62. The lowest BCUT2D eigenvalue weighted by atomic mass is 9.77. The van der Waals surface area contributed by atoms with Crippen molar-refractivity contribution in [1.29, 1.82) is 0 Å². The van der Waals surface area contributed by atoms with Gasteiger partial charge in [0.25, 0.3) is 5.91 Å². The molecule has 1 aromatic rings. The van der Waals surface area contributed by atoms with Crippen LogP contribution in [0.3, 0.4) is 0 Å². The Hall–Kier alpha value is -2.37. The van der Waals surface area contributed by atoms with Crippen LogP contribution in [0.4, 0.5) is 4.79 Å². The van der Waals surface area contributed by atoms with Gasteiger partial charge in [-0.3, -0.25) is 14.5 Å². The highest BCUT2D eigenvalue weighted by atomic mass is 16.2. The second-order valence-electron chi connectivity index (χ2n) is 8.62. The number of hydrogen-bond donors (Lipinski definition) is 2. The number of imide groups is 1. The molecule has 2 fully saturated rings. The van der Waals surface area contributed by atoms with Crippen LogP contribution in [-0.4, -0.2) is 34.8 Å². The number of nitrogens with one attached hydrogen (secondary N) is 2. The van der Waals surface area contributed by atoms with Gasteiger partial charge in [-0.15, -0.1) is 0 Å². The molecule has 6 heteroatoms. The summed E-state index contributed by atoms with van der Waals surface area (Å²) in [5.74, 6) is 0.309. The van der Waals surface area contributed by atoms with Crippen molar-refractivity contribution in [3.05, 3.63) is 35.9 Å². The minimum absolute atomic E-state index is 0.135. The molecule has 1 saturated carbocycles. The molecule has 1 spiro atoms. The molecule has 1 aliphatic carbocycles. The van der Waals surface area contributed by atoms with Gasteiger partial charge >= 0.3 is 6.03 Å². The lowest BCUT2D eigenvalue weighted by molar-refractivity contribution is -0.136. The van der Waals surface area contributed by atoms with E-state index in [9.17, 15) is 14.4 Å². The molecule has 6 nitrogen and oxygen atoms in total. The maximum Gasteiger partial charge on any atom is 0.325 e. The Morgan fingerprint density at radius 3 is 2.38 bits per heavy atom. The Morgan fingerprint density at radius 1 is 1.17 bits per heavy atom. The highest BCUT2D eigenvalue weighted by Crippen LogP contribution is 2.36. The molecular formula is C23H33N3O3. The van der Waals surface area contributed by atoms with Crippen molar-refractivity contribution < 1.29 is 14.4 Å². The highest BCUT2D eigenvalue weighted by Gasteiger charge is 2.52. The number of nitrogens with zero attached hydrogens (tertiary/aromatic N) is 1. The van der Waals surface area contributed by atoms with E-state index in [0.717, 1.165) is 36.1 Å². The van der Waals surface area contributed by atoms with Crippen molar-refractivity contribution in [2.75, 3.05) is 6.54 Å². The summed E-state index contributed by atoms with van der Waals surface area (Å²) in [6, 6.07) is 9.31. The summed E-state index contributed by atoms with van der Waals surface area (Å²) in [5.41, 5.74) is 0.238. The minimum Gasteiger partial charge on any atom is -0.347 e. The standard InChI is InChI=1S/C23H33N3O3/c1-4-17(5-2)20(18-9-7-6-8-10-18)24-19(27)15-26-21(28)23(25-22(26)29)13-11-16(3)12-14-23/h6-10,16-17,20H,4-5,11-15H2,1-3H3,(H,24,27)(H,25,29). The van der Waals surface area contributed by atoms with E-state index in [0.29, 0.717) is 18.8 Å². The molecule has 1 unspecified atom stereocenters. The molecule has 1 aliphatic heterocycles. The van der Waals surface area contributed by atoms with Gasteiger partial charge in [0, 0.05) is 0 Å². The Bertz CT molecular complexity index is 737. The van der Waals surface area contributed by atoms with Gasteiger partial charge in [-0.25, -0.2) is 4.79 Å². The summed E-state index contributed by atoms with van der Waals surface area (Å²) in [5, 5.41) is 5.97. The van der Waals surface area contributed by atoms with Crippen LogP contribution in [0.5, 0.6) is 0 Å². The highest BCUT2D eigenvalue weighted by molar-refractivity contribution is 6.09. The summed E-state index contributed by atoms with van der Waals surface area (Å²) < 4.78 is 0. The first kappa shape index (κ1) is 21.3. The van der Waals surface area contributed by atoms with E-state index in [2.05, 4.69) is 31.4 Å². The lowest BCUT2D eigenvalue weighted by Crippen LogP contribution is -2.50. The van der Waals surface area contributed by atoms with Crippen LogP contribution >= 0.6 is 0 Å². The number of carbonyl (C=O) groups excluding carboxylic acids is 3. The third-order valence-electron chi connectivity index (χ3n) is 6.67. The maximum absolute atomic E-state index is 13.0. The van der Waals surface area contributed by atoms with Gasteiger partial charge in [0.15, 0.2) is 0 Å². The molecular weight excluding hydrogens is 366 g/mol. The van der Waals surface area contributed by atoms with Crippen LogP contribution in [0.1, 0.15) is 70.9 Å². The number of carbonyl (C=O) groups is 3. The molecule has 29 heavy (non-hydrogen) atoms. The quantitative estimate of drug-likeness (QED) is 0.685. The number of rotatable bonds is 7. The zero-order valence-corrected chi connectivity index (χ0v) is 17.7. The molecule has 0 aromatic heterocycles. The molecule has 0 radical (unpaired) electrons. The van der Waals surface area contributed by atoms with E-state index < -0.39 is 11.6 Å². The third-order valence-corrected chi connectivity index (χ3v) is 6.67. The third kappa shape index (κ3) is 4.46. The topological polar surface area (TPSA) is 78.5 Å². The van der Waals surface area contributed by atoms with E-state index in [4.69, 9.17) is 0 Å². The minimum atomic E-state index is -0.807. The smallest absolute Gasteiger partial charge is 0.325 e. The monoisotopic (exact) mass is 399 g/mol. The van der Waals surface area contributed by atoms with Crippen LogP contribution in [0.25, 0.3) is 0 Å². The van der Waals surface area contributed by atoms with E-state index in [1.54, 1.807) is 0 Å². The first-order chi connectivity index (χ1) is 13.9. The van der Waals surface area contributed by atoms with Gasteiger partial charge < -0.3 is 10.6 Å². The predicted octanol–water partition coefficient (Wildman–Crippen LogP) is 3.78. The molecule has 0 bridgehead atoms. The molecule has 2 aliphatic rings. The molecule has 2 N–H and O–H groups in total. The molecule has 1 aromatic carbocycles. The summed E-state index contributed by atoms with van der Waals surface area (Å²) in [6.07, 6.45) is 4.99. The van der Waals surface area contributed by atoms with Crippen LogP contribution in [0.15, 0.2) is 30.3 Å². The van der Waals surface area contributed by atoms with Crippen molar-refractivity contribution in [1.82, 2.24) is 15.5 Å². The van der Waals surface area contributed by atoms with E-state index in [1.807, 2.05) is 30.3 Å². The largest absolute Gasteiger partial charge is 0.347 e. The summed E-state index contributed by atoms with van der Waals surface area (Å²) in [4.78, 5) is 39.4. The van der Waals surface area contributed by atoms with Gasteiger partial charge in [-0.1, -0.05) is 63.9 Å². The molecule has 158 valence electrons. The van der Waals surface area contributed by atoms with Crippen LogP contribution in [0, 0.1) is 11.8 Å². The van der Waals surface area contributed by atoms with Crippen molar-refractivity contribution >= 4 is 17.8 Å². The first-order valence-electron chi connectivity index (χ1n) is 10.9. The van der Waals surface area contributed by atoms with Crippen molar-refractivity contribution in [2.45, 2.75) is 70.9 Å². The SMILES string of the molecule is CCC(CC)C(NC(=O)CN1C(=O)NC2(CCC(C)CC2)C1=O)c1ccccc1. The Balaban J connectivity index is 1.70. The molecule has 1 heterocycles. The van der Waals surface area contributed by atoms with Gasteiger partial charge in [-0.05, 0) is 43.1 Å². The fourth-order valence-corrected chi connectivity index (χ4v) is 4.67. The normalized spacial score (nSPS) is 25.4. The summed E-state index contributed by atoms with van der Waals surface area (Å²) >= 11 is 0. The lowest BCUT2D eigenvalue weighted by Gasteiger charge is -2.33. The van der Waals surface area contributed by atoms with Gasteiger partial charge in [0.1, 0.15) is 12.1 Å². The zero-order valence-electron chi connectivity index (χ0n) is 17.7. The van der Waals surface area contributed by atoms with Gasteiger partial charge in [-0.2, -0.15) is 0 Å². The number of benzene rings is 1. The van der Waals surface area contributed by atoms with Crippen molar-refractivity contribution in [2.24, 2.45) is 11.8 Å². The van der Waals surface area contributed by atoms with Crippen molar-refractivity contribution in [3.63, 3.8) is 0 Å². The van der Waals surface area contributed by atoms with Gasteiger partial charge in [0.05, 0.1) is 6.04 Å². The van der Waals surface area contributed by atoms with E-state index >= 15 is 0 Å². The number of amides is 4. The molecule has 1 atom stereocenters. The average Bonchev–Trinajstić information content (AvgIpc) is 2.95. The predicted molar refractivity (Wildman–Crippen MR) is 112 cm³/mol. The van der Waals surface area contributed by atoms with Crippen LogP contribution < -0.4 is 10.6 Å². The zero-order chi connectivity index (χ0) is 21.0. The number of hydrogen-bond acceptors (Lipinski definition) is 3. The maximum atomic E-state index is 13.0. The van der Waals surface area contributed by atoms with Crippen LogP contribution in [0.2, 0.25) is 0 Å². The van der Waals surface area contributed by atoms with Crippen LogP contribution in [-0.2, 0) is 9.59 Å². The average molecular weight is 400 g/mol. The number of urea groups is 1. The van der Waals surface area contributed by atoms with E-state index in [-0.39, 0.29) is 30.3 Å².